The lowest BCUT2D eigenvalue weighted by Gasteiger charge is -2.27. The molecule has 0 saturated heterocycles. The zero-order chi connectivity index (χ0) is 16.9. The van der Waals surface area contributed by atoms with Gasteiger partial charge in [-0.05, 0) is 17.5 Å². The highest BCUT2D eigenvalue weighted by Crippen LogP contribution is 2.33. The smallest absolute Gasteiger partial charge is 0.145 e. The van der Waals surface area contributed by atoms with E-state index in [0.717, 1.165) is 11.1 Å². The lowest BCUT2D eigenvalue weighted by molar-refractivity contribution is -0.140. The van der Waals surface area contributed by atoms with E-state index in [1.807, 2.05) is 60.7 Å². The van der Waals surface area contributed by atoms with Crippen LogP contribution in [0.15, 0.2) is 60.7 Å². The fraction of sp³-hybridized carbons (Fsp3) is 0.286. The second kappa shape index (κ2) is 7.35. The van der Waals surface area contributed by atoms with Crippen molar-refractivity contribution < 1.29 is 14.4 Å². The van der Waals surface area contributed by atoms with E-state index in [9.17, 15) is 14.4 Å². The van der Waals surface area contributed by atoms with Crippen LogP contribution in [0.3, 0.4) is 0 Å². The van der Waals surface area contributed by atoms with Gasteiger partial charge < -0.3 is 0 Å². The van der Waals surface area contributed by atoms with Crippen molar-refractivity contribution in [2.45, 2.75) is 31.6 Å². The molecule has 1 atom stereocenters. The van der Waals surface area contributed by atoms with Crippen LogP contribution in [0.4, 0.5) is 0 Å². The maximum atomic E-state index is 13.0. The van der Waals surface area contributed by atoms with Crippen LogP contribution in [0.5, 0.6) is 0 Å². The molecule has 0 spiro atoms. The minimum atomic E-state index is -0.822. The lowest BCUT2D eigenvalue weighted by Crippen LogP contribution is -2.37. The van der Waals surface area contributed by atoms with Crippen molar-refractivity contribution in [2.24, 2.45) is 5.92 Å². The topological polar surface area (TPSA) is 51.2 Å². The van der Waals surface area contributed by atoms with E-state index in [4.69, 9.17) is 0 Å². The molecule has 1 saturated carbocycles. The van der Waals surface area contributed by atoms with Crippen molar-refractivity contribution in [2.75, 3.05) is 0 Å². The molecule has 3 nitrogen and oxygen atoms in total. The monoisotopic (exact) mass is 320 g/mol. The van der Waals surface area contributed by atoms with Crippen LogP contribution in [0.25, 0.3) is 0 Å². The Balaban J connectivity index is 1.94. The SMILES string of the molecule is O=C1CCCC(=O)C1[C@@H](C(=O)Cc1ccccc1)c1ccccc1. The molecule has 3 heteroatoms. The van der Waals surface area contributed by atoms with Crippen LogP contribution in [-0.4, -0.2) is 17.3 Å². The zero-order valence-electron chi connectivity index (χ0n) is 13.5. The number of Topliss-reactive ketones (excluding diaryl/α,β-unsaturated/α-hetero) is 3. The number of carbonyl (C=O) groups excluding carboxylic acids is 3. The summed E-state index contributed by atoms with van der Waals surface area (Å²) in [6.45, 7) is 0. The maximum Gasteiger partial charge on any atom is 0.145 e. The average Bonchev–Trinajstić information content (AvgIpc) is 2.60. The Morgan fingerprint density at radius 3 is 2.00 bits per heavy atom. The maximum absolute atomic E-state index is 13.0. The Morgan fingerprint density at radius 1 is 0.875 bits per heavy atom. The summed E-state index contributed by atoms with van der Waals surface area (Å²) in [4.78, 5) is 37.8. The molecule has 2 aromatic rings. The molecule has 0 heterocycles. The highest BCUT2D eigenvalue weighted by atomic mass is 16.2. The van der Waals surface area contributed by atoms with Crippen LogP contribution in [0, 0.1) is 5.92 Å². The van der Waals surface area contributed by atoms with E-state index in [2.05, 4.69) is 0 Å². The van der Waals surface area contributed by atoms with Gasteiger partial charge in [0.05, 0.1) is 11.8 Å². The van der Waals surface area contributed by atoms with Gasteiger partial charge in [0.2, 0.25) is 0 Å². The summed E-state index contributed by atoms with van der Waals surface area (Å²) in [5, 5.41) is 0. The molecular weight excluding hydrogens is 300 g/mol. The number of rotatable bonds is 5. The number of hydrogen-bond donors (Lipinski definition) is 0. The Kier molecular flexibility index (Phi) is 4.99. The third-order valence-corrected chi connectivity index (χ3v) is 4.60. The first-order valence-electron chi connectivity index (χ1n) is 8.34. The number of ketones is 3. The van der Waals surface area contributed by atoms with Crippen LogP contribution in [0.1, 0.15) is 36.3 Å². The molecule has 2 aromatic carbocycles. The van der Waals surface area contributed by atoms with E-state index < -0.39 is 11.8 Å². The molecule has 1 aliphatic rings. The van der Waals surface area contributed by atoms with Crippen molar-refractivity contribution in [1.82, 2.24) is 0 Å². The number of benzene rings is 2. The Morgan fingerprint density at radius 2 is 1.42 bits per heavy atom. The summed E-state index contributed by atoms with van der Waals surface area (Å²) < 4.78 is 0. The second-order valence-corrected chi connectivity index (χ2v) is 6.28. The highest BCUT2D eigenvalue weighted by molar-refractivity contribution is 6.09. The summed E-state index contributed by atoms with van der Waals surface area (Å²) in [6.07, 6.45) is 1.61. The summed E-state index contributed by atoms with van der Waals surface area (Å²) >= 11 is 0. The van der Waals surface area contributed by atoms with E-state index in [1.165, 1.54) is 0 Å². The fourth-order valence-electron chi connectivity index (χ4n) is 3.43. The largest absolute Gasteiger partial charge is 0.299 e. The first kappa shape index (κ1) is 16.3. The predicted molar refractivity (Wildman–Crippen MR) is 91.7 cm³/mol. The normalized spacial score (nSPS) is 16.8. The van der Waals surface area contributed by atoms with E-state index in [0.29, 0.717) is 19.3 Å². The minimum absolute atomic E-state index is 0.0685. The second-order valence-electron chi connectivity index (χ2n) is 6.28. The average molecular weight is 320 g/mol. The van der Waals surface area contributed by atoms with Crippen LogP contribution in [-0.2, 0) is 20.8 Å². The van der Waals surface area contributed by atoms with Gasteiger partial charge >= 0.3 is 0 Å². The highest BCUT2D eigenvalue weighted by Gasteiger charge is 2.40. The molecule has 0 bridgehead atoms. The van der Waals surface area contributed by atoms with Crippen molar-refractivity contribution in [1.29, 1.82) is 0 Å². The van der Waals surface area contributed by atoms with Crippen LogP contribution < -0.4 is 0 Å². The molecule has 0 unspecified atom stereocenters. The van der Waals surface area contributed by atoms with E-state index in [-0.39, 0.29) is 23.8 Å². The molecular formula is C21H20O3. The van der Waals surface area contributed by atoms with Crippen molar-refractivity contribution in [3.05, 3.63) is 71.8 Å². The van der Waals surface area contributed by atoms with Crippen LogP contribution in [0.2, 0.25) is 0 Å². The van der Waals surface area contributed by atoms with Crippen molar-refractivity contribution >= 4 is 17.3 Å². The van der Waals surface area contributed by atoms with Crippen molar-refractivity contribution in [3.8, 4) is 0 Å². The molecule has 0 N–H and O–H groups in total. The third kappa shape index (κ3) is 3.51. The third-order valence-electron chi connectivity index (χ3n) is 4.60. The predicted octanol–water partition coefficient (Wildman–Crippen LogP) is 3.52. The van der Waals surface area contributed by atoms with E-state index >= 15 is 0 Å². The molecule has 3 rings (SSSR count). The van der Waals surface area contributed by atoms with Gasteiger partial charge in [-0.1, -0.05) is 60.7 Å². The first-order valence-corrected chi connectivity index (χ1v) is 8.34. The molecule has 0 amide bonds. The standard InChI is InChI=1S/C21H20O3/c22-17-12-7-13-18(23)21(17)20(16-10-5-2-6-11-16)19(24)14-15-8-3-1-4-9-15/h1-6,8-11,20-21H,7,12-14H2/t20-/m1/s1. The quantitative estimate of drug-likeness (QED) is 0.792. The van der Waals surface area contributed by atoms with Gasteiger partial charge in [-0.25, -0.2) is 0 Å². The van der Waals surface area contributed by atoms with Gasteiger partial charge in [0.25, 0.3) is 0 Å². The molecule has 1 aliphatic carbocycles. The number of carbonyl (C=O) groups is 3. The Bertz CT molecular complexity index is 718. The summed E-state index contributed by atoms with van der Waals surface area (Å²) in [5.41, 5.74) is 1.66. The molecule has 122 valence electrons. The van der Waals surface area contributed by atoms with Gasteiger partial charge in [0.15, 0.2) is 0 Å². The summed E-state index contributed by atoms with van der Waals surface area (Å²) in [6, 6.07) is 18.7. The fourth-order valence-corrected chi connectivity index (χ4v) is 3.43. The van der Waals surface area contributed by atoms with Gasteiger partial charge in [0, 0.05) is 19.3 Å². The van der Waals surface area contributed by atoms with Crippen LogP contribution >= 0.6 is 0 Å². The Labute approximate surface area is 141 Å². The van der Waals surface area contributed by atoms with Gasteiger partial charge in [-0.15, -0.1) is 0 Å². The number of hydrogen-bond acceptors (Lipinski definition) is 3. The van der Waals surface area contributed by atoms with Gasteiger partial charge in [0.1, 0.15) is 17.3 Å². The Hall–Kier alpha value is -2.55. The van der Waals surface area contributed by atoms with Crippen molar-refractivity contribution in [3.63, 3.8) is 0 Å². The lowest BCUT2D eigenvalue weighted by atomic mass is 9.72. The first-order chi connectivity index (χ1) is 11.7. The molecule has 0 aromatic heterocycles. The van der Waals surface area contributed by atoms with Gasteiger partial charge in [-0.2, -0.15) is 0 Å². The zero-order valence-corrected chi connectivity index (χ0v) is 13.5. The molecule has 24 heavy (non-hydrogen) atoms. The molecule has 0 radical (unpaired) electrons. The van der Waals surface area contributed by atoms with E-state index in [1.54, 1.807) is 0 Å². The summed E-state index contributed by atoms with van der Waals surface area (Å²) in [7, 11) is 0. The van der Waals surface area contributed by atoms with Gasteiger partial charge in [-0.3, -0.25) is 14.4 Å². The minimum Gasteiger partial charge on any atom is -0.299 e. The molecule has 0 aliphatic heterocycles. The molecule has 1 fully saturated rings. The summed E-state index contributed by atoms with van der Waals surface area (Å²) in [5.74, 6) is -1.76.